The van der Waals surface area contributed by atoms with E-state index in [0.29, 0.717) is 11.1 Å². The van der Waals surface area contributed by atoms with E-state index >= 15 is 0 Å². The number of carbonyl (C=O) groups is 1. The molecule has 2 N–H and O–H groups in total. The number of nitrogens with zero attached hydrogens (tertiary/aromatic N) is 2. The number of aliphatic imine (C=N–C) groups is 1. The van der Waals surface area contributed by atoms with Crippen LogP contribution in [0.2, 0.25) is 0 Å². The largest absolute Gasteiger partial charge is 0.435 e. The Hall–Kier alpha value is -3.10. The van der Waals surface area contributed by atoms with Crippen LogP contribution in [0.4, 0.5) is 17.6 Å². The smallest absolute Gasteiger partial charge is 0.387 e. The molecule has 1 heterocycles. The number of hydrogen-bond acceptors (Lipinski definition) is 4. The maximum Gasteiger partial charge on any atom is 0.387 e. The molecule has 5 nitrogen and oxygen atoms in total. The van der Waals surface area contributed by atoms with E-state index in [1.54, 1.807) is 0 Å². The average molecular weight is 409 g/mol. The molecule has 1 aliphatic heterocycles. The molecule has 9 heteroatoms. The molecule has 3 rings (SSSR count). The molecule has 0 fully saturated rings. The number of nitrogens with two attached hydrogens (primary N) is 1. The molecule has 0 saturated heterocycles. The number of halogens is 4. The van der Waals surface area contributed by atoms with Gasteiger partial charge in [0.15, 0.2) is 11.5 Å². The van der Waals surface area contributed by atoms with Gasteiger partial charge >= 0.3 is 6.61 Å². The Balaban J connectivity index is 2.13. The Labute approximate surface area is 164 Å². The van der Waals surface area contributed by atoms with Crippen LogP contribution in [0.15, 0.2) is 47.5 Å². The van der Waals surface area contributed by atoms with Gasteiger partial charge in [-0.2, -0.15) is 8.78 Å². The molecule has 0 aliphatic carbocycles. The minimum absolute atomic E-state index is 0.0439. The lowest BCUT2D eigenvalue weighted by atomic mass is 9.82. The van der Waals surface area contributed by atoms with Crippen molar-refractivity contribution in [3.63, 3.8) is 0 Å². The number of rotatable bonds is 7. The minimum Gasteiger partial charge on any atom is -0.435 e. The lowest BCUT2D eigenvalue weighted by molar-refractivity contribution is -0.129. The zero-order valence-electron chi connectivity index (χ0n) is 15.5. The zero-order valence-corrected chi connectivity index (χ0v) is 15.5. The Morgan fingerprint density at radius 1 is 1.17 bits per heavy atom. The summed E-state index contributed by atoms with van der Waals surface area (Å²) in [5, 5.41) is 0. The van der Waals surface area contributed by atoms with Crippen molar-refractivity contribution in [2.45, 2.75) is 25.0 Å². The highest BCUT2D eigenvalue weighted by Gasteiger charge is 2.49. The molecule has 0 spiro atoms. The summed E-state index contributed by atoms with van der Waals surface area (Å²) in [5.41, 5.74) is 5.19. The number of guanidine groups is 1. The Kier molecular flexibility index (Phi) is 5.76. The van der Waals surface area contributed by atoms with Crippen LogP contribution in [-0.2, 0) is 16.8 Å². The van der Waals surface area contributed by atoms with Gasteiger partial charge in [-0.25, -0.2) is 9.38 Å². The number of amides is 1. The predicted octanol–water partition coefficient (Wildman–Crippen LogP) is 3.36. The van der Waals surface area contributed by atoms with Gasteiger partial charge in [0, 0.05) is 7.05 Å². The third kappa shape index (κ3) is 3.76. The van der Waals surface area contributed by atoms with Crippen molar-refractivity contribution in [1.29, 1.82) is 0 Å². The molecule has 0 bridgehead atoms. The van der Waals surface area contributed by atoms with Crippen LogP contribution >= 0.6 is 0 Å². The summed E-state index contributed by atoms with van der Waals surface area (Å²) < 4.78 is 55.9. The van der Waals surface area contributed by atoms with Gasteiger partial charge in [-0.1, -0.05) is 18.2 Å². The maximum absolute atomic E-state index is 14.2. The molecule has 29 heavy (non-hydrogen) atoms. The van der Waals surface area contributed by atoms with Crippen LogP contribution in [0.25, 0.3) is 0 Å². The van der Waals surface area contributed by atoms with Crippen LogP contribution in [0.3, 0.4) is 0 Å². The van der Waals surface area contributed by atoms with Gasteiger partial charge in [0.05, 0.1) is 6.67 Å². The average Bonchev–Trinajstić information content (AvgIpc) is 2.92. The molecule has 1 amide bonds. The van der Waals surface area contributed by atoms with Gasteiger partial charge in [0.25, 0.3) is 5.91 Å². The van der Waals surface area contributed by atoms with Crippen LogP contribution in [0, 0.1) is 5.82 Å². The molecule has 0 aromatic heterocycles. The van der Waals surface area contributed by atoms with Crippen molar-refractivity contribution in [3.05, 3.63) is 65.0 Å². The lowest BCUT2D eigenvalue weighted by Gasteiger charge is -2.27. The third-order valence-electron chi connectivity index (χ3n) is 4.78. The summed E-state index contributed by atoms with van der Waals surface area (Å²) in [6.07, 6.45) is 0.281. The second-order valence-electron chi connectivity index (χ2n) is 6.55. The minimum atomic E-state index is -2.99. The van der Waals surface area contributed by atoms with Gasteiger partial charge in [-0.3, -0.25) is 14.1 Å². The number of alkyl halides is 3. The van der Waals surface area contributed by atoms with E-state index in [1.807, 2.05) is 0 Å². The number of aryl methyl sites for hydroxylation is 1. The molecule has 2 aromatic carbocycles. The van der Waals surface area contributed by atoms with Crippen LogP contribution in [-0.4, -0.2) is 37.1 Å². The lowest BCUT2D eigenvalue weighted by Crippen LogP contribution is -2.41. The number of ether oxygens (including phenoxy) is 1. The van der Waals surface area contributed by atoms with Gasteiger partial charge in [-0.05, 0) is 53.8 Å². The number of benzene rings is 2. The molecule has 1 atom stereocenters. The first kappa shape index (κ1) is 20.6. The van der Waals surface area contributed by atoms with E-state index in [2.05, 4.69) is 9.73 Å². The van der Waals surface area contributed by atoms with Crippen molar-refractivity contribution >= 4 is 11.9 Å². The van der Waals surface area contributed by atoms with Crippen LogP contribution < -0.4 is 10.5 Å². The molecule has 1 aliphatic rings. The van der Waals surface area contributed by atoms with Gasteiger partial charge < -0.3 is 10.5 Å². The van der Waals surface area contributed by atoms with Gasteiger partial charge in [-0.15, -0.1) is 0 Å². The second-order valence-corrected chi connectivity index (χ2v) is 6.55. The quantitative estimate of drug-likeness (QED) is 0.713. The highest BCUT2D eigenvalue weighted by atomic mass is 19.3. The molecule has 0 saturated carbocycles. The van der Waals surface area contributed by atoms with Crippen molar-refractivity contribution in [2.24, 2.45) is 10.7 Å². The summed E-state index contributed by atoms with van der Waals surface area (Å²) >= 11 is 0. The van der Waals surface area contributed by atoms with Crippen LogP contribution in [0.5, 0.6) is 5.75 Å². The van der Waals surface area contributed by atoms with Crippen LogP contribution in [0.1, 0.15) is 23.1 Å². The fourth-order valence-corrected chi connectivity index (χ4v) is 3.31. The molecule has 2 aromatic rings. The van der Waals surface area contributed by atoms with Gasteiger partial charge in [0.2, 0.25) is 0 Å². The predicted molar refractivity (Wildman–Crippen MR) is 98.9 cm³/mol. The first-order chi connectivity index (χ1) is 13.8. The SMILES string of the molecule is CN1C(=O)C(c2ccc(OC(F)F)cc2)(c2ccc(F)c(CCCF)c2)N=C1N. The second kappa shape index (κ2) is 8.10. The number of likely N-dealkylation sites (N-methyl/N-ethyl adjacent to an activating group) is 1. The number of carbonyl (C=O) groups excluding carboxylic acids is 1. The normalized spacial score (nSPS) is 19.0. The van der Waals surface area contributed by atoms with Crippen molar-refractivity contribution in [2.75, 3.05) is 13.7 Å². The van der Waals surface area contributed by atoms with E-state index in [-0.39, 0.29) is 30.1 Å². The fraction of sp³-hybridized carbons (Fsp3) is 0.300. The van der Waals surface area contributed by atoms with E-state index in [9.17, 15) is 22.4 Å². The molecule has 0 radical (unpaired) electrons. The first-order valence-corrected chi connectivity index (χ1v) is 8.83. The standard InChI is InChI=1S/C20H19F4N3O2/c1-27-17(28)20(26-19(27)25,13-4-7-15(8-5-13)29-18(23)24)14-6-9-16(22)12(11-14)3-2-10-21/h4-9,11,18H,2-3,10H2,1H3,(H2,25,26). The molecular weight excluding hydrogens is 390 g/mol. The van der Waals surface area contributed by atoms with E-state index in [4.69, 9.17) is 5.73 Å². The summed E-state index contributed by atoms with van der Waals surface area (Å²) in [6.45, 7) is -3.59. The summed E-state index contributed by atoms with van der Waals surface area (Å²) in [6, 6.07) is 9.48. The monoisotopic (exact) mass is 409 g/mol. The van der Waals surface area contributed by atoms with E-state index in [0.717, 1.165) is 4.90 Å². The topological polar surface area (TPSA) is 67.9 Å². The highest BCUT2D eigenvalue weighted by Crippen LogP contribution is 2.40. The van der Waals surface area contributed by atoms with Crippen molar-refractivity contribution < 1.29 is 27.1 Å². The number of hydrogen-bond donors (Lipinski definition) is 1. The first-order valence-electron chi connectivity index (χ1n) is 8.83. The summed E-state index contributed by atoms with van der Waals surface area (Å²) in [4.78, 5) is 18.6. The zero-order chi connectivity index (χ0) is 21.2. The Morgan fingerprint density at radius 3 is 2.38 bits per heavy atom. The molecule has 154 valence electrons. The summed E-state index contributed by atoms with van der Waals surface area (Å²) in [7, 11) is 1.45. The van der Waals surface area contributed by atoms with Crippen molar-refractivity contribution in [1.82, 2.24) is 4.90 Å². The molecule has 1 unspecified atom stereocenters. The van der Waals surface area contributed by atoms with E-state index < -0.39 is 30.5 Å². The highest BCUT2D eigenvalue weighted by molar-refractivity contribution is 6.08. The fourth-order valence-electron chi connectivity index (χ4n) is 3.31. The Bertz CT molecular complexity index is 934. The van der Waals surface area contributed by atoms with Crippen molar-refractivity contribution in [3.8, 4) is 5.75 Å². The van der Waals surface area contributed by atoms with E-state index in [1.165, 1.54) is 49.5 Å². The third-order valence-corrected chi connectivity index (χ3v) is 4.78. The Morgan fingerprint density at radius 2 is 1.83 bits per heavy atom. The molecular formula is C20H19F4N3O2. The summed E-state index contributed by atoms with van der Waals surface area (Å²) in [5.74, 6) is -1.13. The maximum atomic E-state index is 14.2. The van der Waals surface area contributed by atoms with Gasteiger partial charge in [0.1, 0.15) is 11.6 Å².